The molecule has 2 aromatic heterocycles. The van der Waals surface area contributed by atoms with E-state index in [1.165, 1.54) is 24.7 Å². The van der Waals surface area contributed by atoms with Gasteiger partial charge in [-0.05, 0) is 38.4 Å². The summed E-state index contributed by atoms with van der Waals surface area (Å²) in [5.41, 5.74) is -1.01. The number of nitrogens with zero attached hydrogens (tertiary/aromatic N) is 4. The molecule has 162 valence electrons. The van der Waals surface area contributed by atoms with Crippen molar-refractivity contribution in [2.24, 2.45) is 0 Å². The van der Waals surface area contributed by atoms with E-state index in [0.29, 0.717) is 23.5 Å². The smallest absolute Gasteiger partial charge is 0.340 e. The van der Waals surface area contributed by atoms with Gasteiger partial charge in [0.25, 0.3) is 0 Å². The Hall–Kier alpha value is -3.60. The molecule has 0 aliphatic carbocycles. The van der Waals surface area contributed by atoms with Gasteiger partial charge >= 0.3 is 6.18 Å². The zero-order valence-electron chi connectivity index (χ0n) is 16.5. The molecule has 1 amide bonds. The second-order valence-corrected chi connectivity index (χ2v) is 6.78. The molecule has 0 radical (unpaired) electrons. The predicted molar refractivity (Wildman–Crippen MR) is 108 cm³/mol. The number of nitrogens with one attached hydrogen (secondary N) is 2. The highest BCUT2D eigenvalue weighted by Crippen LogP contribution is 2.34. The summed E-state index contributed by atoms with van der Waals surface area (Å²) in [6.07, 6.45) is 0.815. The molecule has 3 rings (SSSR count). The third-order valence-corrected chi connectivity index (χ3v) is 4.05. The van der Waals surface area contributed by atoms with Crippen molar-refractivity contribution in [3.05, 3.63) is 60.3 Å². The van der Waals surface area contributed by atoms with Gasteiger partial charge < -0.3 is 15.5 Å². The molecule has 11 heteroatoms. The van der Waals surface area contributed by atoms with Gasteiger partial charge in [-0.2, -0.15) is 13.2 Å². The van der Waals surface area contributed by atoms with Gasteiger partial charge in [-0.25, -0.2) is 19.3 Å². The largest absolute Gasteiger partial charge is 0.419 e. The van der Waals surface area contributed by atoms with Crippen molar-refractivity contribution in [1.29, 1.82) is 0 Å². The van der Waals surface area contributed by atoms with Crippen molar-refractivity contribution in [2.75, 3.05) is 31.3 Å². The lowest BCUT2D eigenvalue weighted by molar-refractivity contribution is -0.139. The number of hydrogen-bond acceptors (Lipinski definition) is 6. The van der Waals surface area contributed by atoms with Crippen LogP contribution in [0.5, 0.6) is 0 Å². The average Bonchev–Trinajstić information content (AvgIpc) is 2.68. The molecule has 31 heavy (non-hydrogen) atoms. The van der Waals surface area contributed by atoms with Gasteiger partial charge in [0.15, 0.2) is 0 Å². The molecule has 7 nitrogen and oxygen atoms in total. The summed E-state index contributed by atoms with van der Waals surface area (Å²) in [6.45, 7) is 0.581. The normalized spacial score (nSPS) is 12.0. The summed E-state index contributed by atoms with van der Waals surface area (Å²) in [4.78, 5) is 26.1. The highest BCUT2D eigenvalue weighted by atomic mass is 19.4. The highest BCUT2D eigenvalue weighted by Gasteiger charge is 2.34. The van der Waals surface area contributed by atoms with Gasteiger partial charge in [0.05, 0.1) is 17.3 Å². The first-order valence-corrected chi connectivity index (χ1v) is 9.00. The third kappa shape index (κ3) is 5.72. The number of fused-ring (bicyclic) bond motifs is 1. The van der Waals surface area contributed by atoms with E-state index in [1.807, 2.05) is 19.0 Å². The van der Waals surface area contributed by atoms with Crippen molar-refractivity contribution in [1.82, 2.24) is 19.9 Å². The maximum atomic E-state index is 13.5. The Balaban J connectivity index is 1.88. The van der Waals surface area contributed by atoms with Gasteiger partial charge in [-0.15, -0.1) is 0 Å². The first kappa shape index (κ1) is 22.1. The Morgan fingerprint density at radius 3 is 2.65 bits per heavy atom. The van der Waals surface area contributed by atoms with Crippen LogP contribution in [-0.4, -0.2) is 46.4 Å². The standard InChI is InChI=1S/C20H18F4N6O/c1-30(2)7-3-4-18(31)29-17-9-13-16(10-25-17)26-11-27-19(13)28-12-5-6-15(21)14(8-12)20(22,23)24/h3-6,8-11H,7H2,1-2H3,(H,25,29,31)(H,26,27,28)/b4-3+. The molecule has 0 aliphatic heterocycles. The van der Waals surface area contributed by atoms with Gasteiger partial charge in [0.2, 0.25) is 5.91 Å². The Labute approximate surface area is 174 Å². The van der Waals surface area contributed by atoms with Gasteiger partial charge in [-0.3, -0.25) is 4.79 Å². The lowest BCUT2D eigenvalue weighted by Gasteiger charge is -2.12. The van der Waals surface area contributed by atoms with E-state index < -0.39 is 23.5 Å². The van der Waals surface area contributed by atoms with Crippen molar-refractivity contribution in [3.8, 4) is 0 Å². The van der Waals surface area contributed by atoms with Gasteiger partial charge in [0.1, 0.15) is 23.8 Å². The van der Waals surface area contributed by atoms with Crippen LogP contribution >= 0.6 is 0 Å². The van der Waals surface area contributed by atoms with Crippen LogP contribution in [0.15, 0.2) is 48.9 Å². The van der Waals surface area contributed by atoms with E-state index in [-0.39, 0.29) is 17.3 Å². The van der Waals surface area contributed by atoms with Gasteiger partial charge in [0, 0.05) is 23.7 Å². The summed E-state index contributed by atoms with van der Waals surface area (Å²) in [7, 11) is 3.72. The zero-order chi connectivity index (χ0) is 22.6. The number of alkyl halides is 3. The number of pyridine rings is 1. The number of amides is 1. The first-order valence-electron chi connectivity index (χ1n) is 9.00. The lowest BCUT2D eigenvalue weighted by Crippen LogP contribution is -2.13. The molecule has 0 atom stereocenters. The zero-order valence-corrected chi connectivity index (χ0v) is 16.5. The van der Waals surface area contributed by atoms with Crippen molar-refractivity contribution >= 4 is 34.1 Å². The number of anilines is 3. The van der Waals surface area contributed by atoms with Crippen molar-refractivity contribution in [3.63, 3.8) is 0 Å². The SMILES string of the molecule is CN(C)C/C=C/C(=O)Nc1cc2c(Nc3ccc(F)c(C(F)(F)F)c3)ncnc2cn1. The number of hydrogen-bond donors (Lipinski definition) is 2. The lowest BCUT2D eigenvalue weighted by atomic mass is 10.1. The van der Waals surface area contributed by atoms with E-state index in [1.54, 1.807) is 6.08 Å². The Bertz CT molecular complexity index is 1130. The van der Waals surface area contributed by atoms with Crippen molar-refractivity contribution in [2.45, 2.75) is 6.18 Å². The fourth-order valence-corrected chi connectivity index (χ4v) is 2.62. The molecule has 0 bridgehead atoms. The Morgan fingerprint density at radius 2 is 1.94 bits per heavy atom. The fraction of sp³-hybridized carbons (Fsp3) is 0.200. The van der Waals surface area contributed by atoms with Crippen LogP contribution in [-0.2, 0) is 11.0 Å². The van der Waals surface area contributed by atoms with Gasteiger partial charge in [-0.1, -0.05) is 6.08 Å². The van der Waals surface area contributed by atoms with E-state index in [9.17, 15) is 22.4 Å². The topological polar surface area (TPSA) is 83.0 Å². The number of benzene rings is 1. The molecule has 0 fully saturated rings. The minimum Gasteiger partial charge on any atom is -0.340 e. The Kier molecular flexibility index (Phi) is 6.44. The second-order valence-electron chi connectivity index (χ2n) is 6.78. The molecule has 0 saturated carbocycles. The van der Waals surface area contributed by atoms with E-state index >= 15 is 0 Å². The number of carbonyl (C=O) groups is 1. The number of carbonyl (C=O) groups excluding carboxylic acids is 1. The molecule has 2 heterocycles. The number of aromatic nitrogens is 3. The molecule has 0 unspecified atom stereocenters. The maximum Gasteiger partial charge on any atom is 0.419 e. The van der Waals surface area contributed by atoms with Crippen LogP contribution in [0.3, 0.4) is 0 Å². The molecule has 2 N–H and O–H groups in total. The summed E-state index contributed by atoms with van der Waals surface area (Å²) in [5.74, 6) is -1.39. The monoisotopic (exact) mass is 434 g/mol. The summed E-state index contributed by atoms with van der Waals surface area (Å²) >= 11 is 0. The van der Waals surface area contributed by atoms with Crippen molar-refractivity contribution < 1.29 is 22.4 Å². The third-order valence-electron chi connectivity index (χ3n) is 4.05. The average molecular weight is 434 g/mol. The van der Waals surface area contributed by atoms with Crippen LogP contribution in [0.2, 0.25) is 0 Å². The summed E-state index contributed by atoms with van der Waals surface area (Å²) < 4.78 is 52.5. The second kappa shape index (κ2) is 9.04. The highest BCUT2D eigenvalue weighted by molar-refractivity contribution is 6.00. The molecule has 0 aliphatic rings. The number of halogens is 4. The molecular weight excluding hydrogens is 416 g/mol. The molecule has 3 aromatic rings. The van der Waals surface area contributed by atoms with E-state index in [2.05, 4.69) is 25.6 Å². The van der Waals surface area contributed by atoms with E-state index in [4.69, 9.17) is 0 Å². The summed E-state index contributed by atoms with van der Waals surface area (Å²) in [6, 6.07) is 4.03. The van der Waals surface area contributed by atoms with Crippen LogP contribution in [0.25, 0.3) is 10.9 Å². The van der Waals surface area contributed by atoms with Crippen LogP contribution < -0.4 is 10.6 Å². The number of likely N-dealkylation sites (N-methyl/N-ethyl adjacent to an activating group) is 1. The minimum atomic E-state index is -4.84. The molecular formula is C20H18F4N6O. The maximum absolute atomic E-state index is 13.5. The molecule has 1 aromatic carbocycles. The molecule has 0 spiro atoms. The van der Waals surface area contributed by atoms with E-state index in [0.717, 1.165) is 12.1 Å². The van der Waals surface area contributed by atoms with Crippen LogP contribution in [0, 0.1) is 5.82 Å². The number of rotatable bonds is 6. The predicted octanol–water partition coefficient (Wildman–Crippen LogP) is 3.98. The summed E-state index contributed by atoms with van der Waals surface area (Å²) in [5, 5.41) is 5.74. The minimum absolute atomic E-state index is 0.0114. The molecule has 0 saturated heterocycles. The first-order chi connectivity index (χ1) is 14.6. The quantitative estimate of drug-likeness (QED) is 0.451. The Morgan fingerprint density at radius 1 is 1.16 bits per heavy atom. The fourth-order valence-electron chi connectivity index (χ4n) is 2.62. The van der Waals surface area contributed by atoms with Crippen LogP contribution in [0.1, 0.15) is 5.56 Å². The van der Waals surface area contributed by atoms with Crippen LogP contribution in [0.4, 0.5) is 34.9 Å².